The van der Waals surface area contributed by atoms with E-state index in [4.69, 9.17) is 4.99 Å². The van der Waals surface area contributed by atoms with Crippen molar-refractivity contribution in [3.63, 3.8) is 0 Å². The number of aromatic nitrogens is 2. The van der Waals surface area contributed by atoms with Crippen LogP contribution in [0, 0.1) is 0 Å². The standard InChI is InChI=1S/C21H32N6/c1-3-22-21(23-11-7-13-27-14-8-12-24-27)25-20-15-18(2)26(17-20)16-19-9-5-4-6-10-19/h4-6,8-10,12,14,18,20H,3,7,11,13,15-17H2,1-2H3,(H2,22,23,25). The van der Waals surface area contributed by atoms with E-state index in [0.717, 1.165) is 51.5 Å². The lowest BCUT2D eigenvalue weighted by atomic mass is 10.2. The van der Waals surface area contributed by atoms with Crippen molar-refractivity contribution in [3.8, 4) is 0 Å². The number of benzene rings is 1. The van der Waals surface area contributed by atoms with Gasteiger partial charge in [-0.05, 0) is 38.3 Å². The van der Waals surface area contributed by atoms with Crippen molar-refractivity contribution >= 4 is 5.96 Å². The molecule has 0 saturated carbocycles. The van der Waals surface area contributed by atoms with Crippen LogP contribution in [0.5, 0.6) is 0 Å². The lowest BCUT2D eigenvalue weighted by Crippen LogP contribution is -2.44. The monoisotopic (exact) mass is 368 g/mol. The second-order valence-electron chi connectivity index (χ2n) is 7.22. The highest BCUT2D eigenvalue weighted by Crippen LogP contribution is 2.20. The third-order valence-electron chi connectivity index (χ3n) is 4.99. The van der Waals surface area contributed by atoms with Crippen LogP contribution in [0.4, 0.5) is 0 Å². The number of likely N-dealkylation sites (tertiary alicyclic amines) is 1. The van der Waals surface area contributed by atoms with Crippen molar-refractivity contribution in [2.24, 2.45) is 4.99 Å². The van der Waals surface area contributed by atoms with Gasteiger partial charge in [0.05, 0.1) is 0 Å². The van der Waals surface area contributed by atoms with Gasteiger partial charge in [-0.3, -0.25) is 14.6 Å². The summed E-state index contributed by atoms with van der Waals surface area (Å²) >= 11 is 0. The smallest absolute Gasteiger partial charge is 0.191 e. The minimum atomic E-state index is 0.438. The Hall–Kier alpha value is -2.34. The molecule has 0 spiro atoms. The van der Waals surface area contributed by atoms with Gasteiger partial charge in [0.1, 0.15) is 0 Å². The molecule has 2 unspecified atom stereocenters. The average molecular weight is 369 g/mol. The van der Waals surface area contributed by atoms with E-state index in [9.17, 15) is 0 Å². The van der Waals surface area contributed by atoms with Crippen molar-refractivity contribution in [1.29, 1.82) is 0 Å². The van der Waals surface area contributed by atoms with Gasteiger partial charge in [-0.1, -0.05) is 30.3 Å². The molecular weight excluding hydrogens is 336 g/mol. The molecule has 1 fully saturated rings. The van der Waals surface area contributed by atoms with Crippen molar-refractivity contribution in [2.45, 2.75) is 51.9 Å². The average Bonchev–Trinajstić information content (AvgIpc) is 3.30. The first-order valence-corrected chi connectivity index (χ1v) is 10.0. The molecule has 1 aliphatic heterocycles. The van der Waals surface area contributed by atoms with Crippen LogP contribution in [0.3, 0.4) is 0 Å². The molecule has 6 heteroatoms. The minimum absolute atomic E-state index is 0.438. The van der Waals surface area contributed by atoms with Gasteiger partial charge in [0.15, 0.2) is 5.96 Å². The van der Waals surface area contributed by atoms with Gasteiger partial charge >= 0.3 is 0 Å². The summed E-state index contributed by atoms with van der Waals surface area (Å²) in [6, 6.07) is 13.7. The zero-order valence-corrected chi connectivity index (χ0v) is 16.5. The predicted molar refractivity (Wildman–Crippen MR) is 111 cm³/mol. The van der Waals surface area contributed by atoms with Crippen LogP contribution in [0.1, 0.15) is 32.3 Å². The van der Waals surface area contributed by atoms with Crippen LogP contribution in [-0.2, 0) is 13.1 Å². The van der Waals surface area contributed by atoms with Crippen molar-refractivity contribution in [2.75, 3.05) is 19.6 Å². The minimum Gasteiger partial charge on any atom is -0.357 e. The number of guanidine groups is 1. The van der Waals surface area contributed by atoms with Crippen LogP contribution in [0.25, 0.3) is 0 Å². The fourth-order valence-corrected chi connectivity index (χ4v) is 3.61. The highest BCUT2D eigenvalue weighted by atomic mass is 15.3. The normalized spacial score (nSPS) is 20.7. The molecule has 2 atom stereocenters. The van der Waals surface area contributed by atoms with Gasteiger partial charge < -0.3 is 10.6 Å². The SMILES string of the molecule is CCNC(=NCCCn1cccn1)NC1CC(C)N(Cc2ccccc2)C1. The van der Waals surface area contributed by atoms with Gasteiger partial charge in [-0.15, -0.1) is 0 Å². The Bertz CT molecular complexity index is 682. The molecule has 0 radical (unpaired) electrons. The Morgan fingerprint density at radius 3 is 2.85 bits per heavy atom. The van der Waals surface area contributed by atoms with E-state index in [1.165, 1.54) is 5.56 Å². The predicted octanol–water partition coefficient (Wildman–Crippen LogP) is 2.49. The third-order valence-corrected chi connectivity index (χ3v) is 4.99. The largest absolute Gasteiger partial charge is 0.357 e. The number of nitrogens with one attached hydrogen (secondary N) is 2. The first-order chi connectivity index (χ1) is 13.2. The molecule has 1 saturated heterocycles. The van der Waals surface area contributed by atoms with Gasteiger partial charge in [-0.25, -0.2) is 0 Å². The molecule has 0 amide bonds. The van der Waals surface area contributed by atoms with Gasteiger partial charge in [0.25, 0.3) is 0 Å². The maximum atomic E-state index is 4.75. The van der Waals surface area contributed by atoms with E-state index < -0.39 is 0 Å². The fourth-order valence-electron chi connectivity index (χ4n) is 3.61. The molecule has 2 heterocycles. The molecule has 27 heavy (non-hydrogen) atoms. The fraction of sp³-hybridized carbons (Fsp3) is 0.524. The molecule has 0 aliphatic carbocycles. The van der Waals surface area contributed by atoms with Gasteiger partial charge in [0, 0.05) is 57.2 Å². The summed E-state index contributed by atoms with van der Waals surface area (Å²) in [5.74, 6) is 0.928. The van der Waals surface area contributed by atoms with E-state index in [-0.39, 0.29) is 0 Å². The highest BCUT2D eigenvalue weighted by molar-refractivity contribution is 5.80. The molecule has 1 aromatic heterocycles. The van der Waals surface area contributed by atoms with E-state index >= 15 is 0 Å². The van der Waals surface area contributed by atoms with E-state index in [0.29, 0.717) is 12.1 Å². The van der Waals surface area contributed by atoms with E-state index in [2.05, 4.69) is 64.8 Å². The number of nitrogens with zero attached hydrogens (tertiary/aromatic N) is 4. The summed E-state index contributed by atoms with van der Waals surface area (Å²) in [5, 5.41) is 11.2. The van der Waals surface area contributed by atoms with Crippen molar-refractivity contribution in [3.05, 3.63) is 54.4 Å². The van der Waals surface area contributed by atoms with Crippen LogP contribution in [0.15, 0.2) is 53.8 Å². The molecule has 6 nitrogen and oxygen atoms in total. The number of hydrogen-bond donors (Lipinski definition) is 2. The second kappa shape index (κ2) is 10.1. The van der Waals surface area contributed by atoms with Crippen molar-refractivity contribution in [1.82, 2.24) is 25.3 Å². The molecule has 1 aliphatic rings. The first-order valence-electron chi connectivity index (χ1n) is 10.0. The topological polar surface area (TPSA) is 57.5 Å². The van der Waals surface area contributed by atoms with Crippen LogP contribution >= 0.6 is 0 Å². The van der Waals surface area contributed by atoms with E-state index in [1.807, 2.05) is 23.1 Å². The Morgan fingerprint density at radius 2 is 2.11 bits per heavy atom. The Balaban J connectivity index is 1.47. The van der Waals surface area contributed by atoms with Crippen molar-refractivity contribution < 1.29 is 0 Å². The number of aliphatic imine (C=N–C) groups is 1. The molecule has 3 rings (SSSR count). The van der Waals surface area contributed by atoms with Gasteiger partial charge in [0.2, 0.25) is 0 Å². The third kappa shape index (κ3) is 6.10. The molecular formula is C21H32N6. The summed E-state index contributed by atoms with van der Waals surface area (Å²) in [5.41, 5.74) is 1.38. The quantitative estimate of drug-likeness (QED) is 0.427. The molecule has 2 N–H and O–H groups in total. The van der Waals surface area contributed by atoms with Crippen LogP contribution in [0.2, 0.25) is 0 Å². The zero-order chi connectivity index (χ0) is 18.9. The summed E-state index contributed by atoms with van der Waals surface area (Å²) < 4.78 is 1.95. The Kier molecular flexibility index (Phi) is 7.27. The molecule has 1 aromatic carbocycles. The maximum absolute atomic E-state index is 4.75. The Labute approximate surface area is 162 Å². The lowest BCUT2D eigenvalue weighted by Gasteiger charge is -2.21. The maximum Gasteiger partial charge on any atom is 0.191 e. The zero-order valence-electron chi connectivity index (χ0n) is 16.5. The van der Waals surface area contributed by atoms with Crippen LogP contribution in [-0.4, -0.2) is 52.4 Å². The number of hydrogen-bond acceptors (Lipinski definition) is 3. The summed E-state index contributed by atoms with van der Waals surface area (Å²) in [4.78, 5) is 7.30. The van der Waals surface area contributed by atoms with Crippen LogP contribution < -0.4 is 10.6 Å². The summed E-state index contributed by atoms with van der Waals surface area (Å²) in [6.45, 7) is 9.07. The highest BCUT2D eigenvalue weighted by Gasteiger charge is 2.29. The number of aryl methyl sites for hydroxylation is 1. The summed E-state index contributed by atoms with van der Waals surface area (Å²) in [7, 11) is 0. The lowest BCUT2D eigenvalue weighted by molar-refractivity contribution is 0.258. The number of rotatable bonds is 8. The molecule has 146 valence electrons. The Morgan fingerprint density at radius 1 is 1.26 bits per heavy atom. The van der Waals surface area contributed by atoms with E-state index in [1.54, 1.807) is 0 Å². The second-order valence-corrected chi connectivity index (χ2v) is 7.22. The first kappa shape index (κ1) is 19.4. The molecule has 0 bridgehead atoms. The summed E-state index contributed by atoms with van der Waals surface area (Å²) in [6.07, 6.45) is 5.94. The molecule has 2 aromatic rings. The van der Waals surface area contributed by atoms with Gasteiger partial charge in [-0.2, -0.15) is 5.10 Å².